The van der Waals surface area contributed by atoms with Gasteiger partial charge in [0.1, 0.15) is 11.5 Å². The zero-order valence-electron chi connectivity index (χ0n) is 12.5. The third-order valence-electron chi connectivity index (χ3n) is 2.88. The van der Waals surface area contributed by atoms with E-state index < -0.39 is 18.9 Å². The summed E-state index contributed by atoms with van der Waals surface area (Å²) < 4.78 is 68.1. The van der Waals surface area contributed by atoms with E-state index in [9.17, 15) is 26.7 Å². The Bertz CT molecular complexity index is 699. The molecule has 0 spiro atoms. The van der Waals surface area contributed by atoms with Gasteiger partial charge in [0.15, 0.2) is 0 Å². The van der Waals surface area contributed by atoms with Crippen molar-refractivity contribution in [1.29, 1.82) is 0 Å². The predicted molar refractivity (Wildman–Crippen MR) is 78.5 cm³/mol. The Labute approximate surface area is 139 Å². The Kier molecular flexibility index (Phi) is 5.79. The maximum absolute atomic E-state index is 12.1. The molecule has 0 saturated heterocycles. The van der Waals surface area contributed by atoms with Gasteiger partial charge >= 0.3 is 13.0 Å². The van der Waals surface area contributed by atoms with Crippen LogP contribution >= 0.6 is 0 Å². The SMILES string of the molecule is O=C(Cc1ccc(OC(F)(F)F)cc1)Nc1ccc(OC(F)F)cc1. The van der Waals surface area contributed by atoms with Crippen LogP contribution in [-0.4, -0.2) is 18.9 Å². The van der Waals surface area contributed by atoms with E-state index in [1.54, 1.807) is 0 Å². The maximum Gasteiger partial charge on any atom is 0.573 e. The minimum absolute atomic E-state index is 0.0479. The lowest BCUT2D eigenvalue weighted by Crippen LogP contribution is -2.17. The van der Waals surface area contributed by atoms with Crippen LogP contribution in [0.25, 0.3) is 0 Å². The van der Waals surface area contributed by atoms with E-state index >= 15 is 0 Å². The monoisotopic (exact) mass is 361 g/mol. The normalized spacial score (nSPS) is 11.3. The van der Waals surface area contributed by atoms with Crippen LogP contribution in [0.1, 0.15) is 5.56 Å². The van der Waals surface area contributed by atoms with Gasteiger partial charge < -0.3 is 14.8 Å². The van der Waals surface area contributed by atoms with Crippen LogP contribution in [0, 0.1) is 0 Å². The van der Waals surface area contributed by atoms with Crippen molar-refractivity contribution in [3.8, 4) is 11.5 Å². The first kappa shape index (κ1) is 18.5. The summed E-state index contributed by atoms with van der Waals surface area (Å²) in [5.41, 5.74) is 0.841. The highest BCUT2D eigenvalue weighted by atomic mass is 19.4. The van der Waals surface area contributed by atoms with E-state index in [-0.39, 0.29) is 17.9 Å². The lowest BCUT2D eigenvalue weighted by molar-refractivity contribution is -0.274. The molecule has 1 N–H and O–H groups in total. The smallest absolute Gasteiger partial charge is 0.435 e. The van der Waals surface area contributed by atoms with Crippen molar-refractivity contribution < 1.29 is 36.2 Å². The average Bonchev–Trinajstić information content (AvgIpc) is 2.49. The van der Waals surface area contributed by atoms with E-state index in [0.29, 0.717) is 11.3 Å². The third kappa shape index (κ3) is 6.66. The molecule has 0 saturated carbocycles. The lowest BCUT2D eigenvalue weighted by atomic mass is 10.1. The first-order chi connectivity index (χ1) is 11.7. The average molecular weight is 361 g/mol. The number of carbonyl (C=O) groups excluding carboxylic acids is 1. The number of alkyl halides is 5. The maximum atomic E-state index is 12.1. The van der Waals surface area contributed by atoms with E-state index in [0.717, 1.165) is 12.1 Å². The summed E-state index contributed by atoms with van der Waals surface area (Å²) in [4.78, 5) is 11.9. The molecule has 0 aliphatic carbocycles. The number of nitrogens with one attached hydrogen (secondary N) is 1. The van der Waals surface area contributed by atoms with Gasteiger partial charge in [-0.25, -0.2) is 0 Å². The molecule has 134 valence electrons. The number of benzene rings is 2. The van der Waals surface area contributed by atoms with Gasteiger partial charge in [0.2, 0.25) is 5.91 Å². The van der Waals surface area contributed by atoms with Gasteiger partial charge in [-0.05, 0) is 42.0 Å². The van der Waals surface area contributed by atoms with Gasteiger partial charge in [-0.2, -0.15) is 8.78 Å². The Morgan fingerprint density at radius 1 is 0.960 bits per heavy atom. The fourth-order valence-electron chi connectivity index (χ4n) is 1.92. The highest BCUT2D eigenvalue weighted by Crippen LogP contribution is 2.23. The number of anilines is 1. The second-order valence-electron chi connectivity index (χ2n) is 4.82. The van der Waals surface area contributed by atoms with Gasteiger partial charge in [-0.3, -0.25) is 4.79 Å². The molecule has 25 heavy (non-hydrogen) atoms. The van der Waals surface area contributed by atoms with Gasteiger partial charge in [0.25, 0.3) is 0 Å². The number of ether oxygens (including phenoxy) is 2. The molecule has 0 bridgehead atoms. The minimum atomic E-state index is -4.78. The molecule has 0 aliphatic rings. The molecule has 1 amide bonds. The summed E-state index contributed by atoms with van der Waals surface area (Å²) in [5, 5.41) is 2.53. The Balaban J connectivity index is 1.89. The second kappa shape index (κ2) is 7.82. The number of amides is 1. The van der Waals surface area contributed by atoms with Crippen LogP contribution in [0.4, 0.5) is 27.6 Å². The molecule has 0 aliphatic heterocycles. The van der Waals surface area contributed by atoms with Crippen LogP contribution in [0.15, 0.2) is 48.5 Å². The van der Waals surface area contributed by atoms with Crippen molar-refractivity contribution >= 4 is 11.6 Å². The zero-order chi connectivity index (χ0) is 18.4. The molecule has 2 aromatic rings. The van der Waals surface area contributed by atoms with Gasteiger partial charge in [0.05, 0.1) is 6.42 Å². The standard InChI is InChI=1S/C16H12F5NO3/c17-15(18)24-12-7-3-11(4-8-12)22-14(23)9-10-1-5-13(6-2-10)25-16(19,20)21/h1-8,15H,9H2,(H,22,23). The van der Waals surface area contributed by atoms with Gasteiger partial charge in [-0.1, -0.05) is 12.1 Å². The van der Waals surface area contributed by atoms with Crippen molar-refractivity contribution in [3.63, 3.8) is 0 Å². The van der Waals surface area contributed by atoms with Crippen LogP contribution in [0.3, 0.4) is 0 Å². The number of hydrogen-bond acceptors (Lipinski definition) is 3. The summed E-state index contributed by atoms with van der Waals surface area (Å²) in [5.74, 6) is -0.855. The van der Waals surface area contributed by atoms with Crippen molar-refractivity contribution in [2.45, 2.75) is 19.4 Å². The molecule has 2 aromatic carbocycles. The number of rotatable bonds is 6. The molecule has 2 rings (SSSR count). The first-order valence-electron chi connectivity index (χ1n) is 6.91. The van der Waals surface area contributed by atoms with Gasteiger partial charge in [0, 0.05) is 5.69 Å². The Hall–Kier alpha value is -2.84. The van der Waals surface area contributed by atoms with Gasteiger partial charge in [-0.15, -0.1) is 13.2 Å². The number of halogens is 5. The summed E-state index contributed by atoms with van der Waals surface area (Å²) in [7, 11) is 0. The molecule has 0 radical (unpaired) electrons. The molecule has 0 unspecified atom stereocenters. The van der Waals surface area contributed by atoms with Crippen molar-refractivity contribution in [2.75, 3.05) is 5.32 Å². The van der Waals surface area contributed by atoms with E-state index in [2.05, 4.69) is 14.8 Å². The highest BCUT2D eigenvalue weighted by Gasteiger charge is 2.30. The molecular formula is C16H12F5NO3. The van der Waals surface area contributed by atoms with Crippen molar-refractivity contribution in [2.24, 2.45) is 0 Å². The molecule has 9 heteroatoms. The topological polar surface area (TPSA) is 47.6 Å². The Morgan fingerprint density at radius 3 is 2.04 bits per heavy atom. The van der Waals surface area contributed by atoms with Crippen LogP contribution in [0.2, 0.25) is 0 Å². The molecule has 0 heterocycles. The quantitative estimate of drug-likeness (QED) is 0.778. The van der Waals surface area contributed by atoms with E-state index in [1.165, 1.54) is 36.4 Å². The largest absolute Gasteiger partial charge is 0.573 e. The molecule has 0 atom stereocenters. The highest BCUT2D eigenvalue weighted by molar-refractivity contribution is 5.92. The Morgan fingerprint density at radius 2 is 1.52 bits per heavy atom. The lowest BCUT2D eigenvalue weighted by Gasteiger charge is -2.10. The summed E-state index contributed by atoms with van der Waals surface area (Å²) in [6, 6.07) is 10.2. The fourth-order valence-corrected chi connectivity index (χ4v) is 1.92. The van der Waals surface area contributed by atoms with E-state index in [1.807, 2.05) is 0 Å². The second-order valence-corrected chi connectivity index (χ2v) is 4.82. The third-order valence-corrected chi connectivity index (χ3v) is 2.88. The first-order valence-corrected chi connectivity index (χ1v) is 6.91. The summed E-state index contributed by atoms with van der Waals surface area (Å²) in [6.07, 6.45) is -4.86. The van der Waals surface area contributed by atoms with E-state index in [4.69, 9.17) is 0 Å². The summed E-state index contributed by atoms with van der Waals surface area (Å²) >= 11 is 0. The number of carbonyl (C=O) groups is 1. The fraction of sp³-hybridized carbons (Fsp3) is 0.188. The molecule has 0 aromatic heterocycles. The summed E-state index contributed by atoms with van der Waals surface area (Å²) in [6.45, 7) is -2.94. The molecule has 0 fully saturated rings. The molecular weight excluding hydrogens is 349 g/mol. The van der Waals surface area contributed by atoms with Crippen molar-refractivity contribution in [1.82, 2.24) is 0 Å². The van der Waals surface area contributed by atoms with Crippen LogP contribution in [-0.2, 0) is 11.2 Å². The molecule has 4 nitrogen and oxygen atoms in total. The predicted octanol–water partition coefficient (Wildman–Crippen LogP) is 4.37. The van der Waals surface area contributed by atoms with Crippen LogP contribution in [0.5, 0.6) is 11.5 Å². The van der Waals surface area contributed by atoms with Crippen molar-refractivity contribution in [3.05, 3.63) is 54.1 Å². The number of hydrogen-bond donors (Lipinski definition) is 1. The minimum Gasteiger partial charge on any atom is -0.435 e. The van der Waals surface area contributed by atoms with Crippen LogP contribution < -0.4 is 14.8 Å². The zero-order valence-corrected chi connectivity index (χ0v) is 12.5.